The Balaban J connectivity index is 4.26. The molecule has 0 amide bonds. The van der Waals surface area contributed by atoms with Gasteiger partial charge in [0.2, 0.25) is 0 Å². The molecule has 10 nitrogen and oxygen atoms in total. The molecule has 4 N–H and O–H groups in total. The molecule has 0 heterocycles. The van der Waals surface area contributed by atoms with Gasteiger partial charge in [-0.05, 0) is 44.9 Å². The second-order valence-corrected chi connectivity index (χ2v) is 15.9. The molecule has 0 radical (unpaired) electrons. The first-order valence-electron chi connectivity index (χ1n) is 21.4. The highest BCUT2D eigenvalue weighted by Gasteiger charge is 2.27. The van der Waals surface area contributed by atoms with Crippen LogP contribution in [0.5, 0.6) is 0 Å². The minimum Gasteiger partial charge on any atom is -0.480 e. The molecule has 3 atom stereocenters. The van der Waals surface area contributed by atoms with Crippen molar-refractivity contribution in [1.29, 1.82) is 0 Å². The summed E-state index contributed by atoms with van der Waals surface area (Å²) in [5, 5.41) is 8.89. The molecule has 53 heavy (non-hydrogen) atoms. The third kappa shape index (κ3) is 38.5. The SMILES string of the molecule is CCCCCC/C=C\C/C=C\CCCCCCCC(=O)OC(COCCCCCCCCCCCCCCCCC)COP(=O)(O)OCC(N)C(=O)O. The van der Waals surface area contributed by atoms with Gasteiger partial charge in [-0.3, -0.25) is 18.6 Å². The molecule has 0 aromatic carbocycles. The average molecular weight is 774 g/mol. The van der Waals surface area contributed by atoms with Crippen molar-refractivity contribution in [3.8, 4) is 0 Å². The maximum atomic E-state index is 12.6. The second kappa shape index (κ2) is 38.7. The lowest BCUT2D eigenvalue weighted by atomic mass is 10.0. The van der Waals surface area contributed by atoms with Crippen LogP contribution in [0.3, 0.4) is 0 Å². The first kappa shape index (κ1) is 51.5. The Bertz CT molecular complexity index is 946. The number of carboxylic acid groups (broad SMARTS) is 1. The van der Waals surface area contributed by atoms with E-state index in [2.05, 4.69) is 38.2 Å². The molecule has 0 aliphatic carbocycles. The van der Waals surface area contributed by atoms with Gasteiger partial charge in [0.25, 0.3) is 0 Å². The fraction of sp³-hybridized carbons (Fsp3) is 0.857. The van der Waals surface area contributed by atoms with Crippen molar-refractivity contribution in [3.63, 3.8) is 0 Å². The van der Waals surface area contributed by atoms with E-state index in [1.165, 1.54) is 109 Å². The maximum absolute atomic E-state index is 12.6. The predicted octanol–water partition coefficient (Wildman–Crippen LogP) is 11.5. The Morgan fingerprint density at radius 1 is 0.604 bits per heavy atom. The number of hydrogen-bond donors (Lipinski definition) is 3. The van der Waals surface area contributed by atoms with E-state index in [1.807, 2.05) is 0 Å². The number of aliphatic carboxylic acids is 1. The summed E-state index contributed by atoms with van der Waals surface area (Å²) in [5.41, 5.74) is 5.35. The van der Waals surface area contributed by atoms with Gasteiger partial charge >= 0.3 is 19.8 Å². The van der Waals surface area contributed by atoms with Crippen molar-refractivity contribution in [2.75, 3.05) is 26.4 Å². The third-order valence-corrected chi connectivity index (χ3v) is 10.2. The van der Waals surface area contributed by atoms with Crippen molar-refractivity contribution in [2.45, 2.75) is 206 Å². The highest BCUT2D eigenvalue weighted by molar-refractivity contribution is 7.47. The van der Waals surface area contributed by atoms with E-state index in [1.54, 1.807) is 0 Å². The molecule has 0 saturated heterocycles. The van der Waals surface area contributed by atoms with E-state index in [0.717, 1.165) is 57.8 Å². The van der Waals surface area contributed by atoms with Crippen molar-refractivity contribution in [1.82, 2.24) is 0 Å². The van der Waals surface area contributed by atoms with Gasteiger partial charge in [0.1, 0.15) is 12.1 Å². The number of allylic oxidation sites excluding steroid dienone is 4. The van der Waals surface area contributed by atoms with Crippen LogP contribution in [0.4, 0.5) is 0 Å². The normalized spacial score (nSPS) is 14.2. The zero-order valence-electron chi connectivity index (χ0n) is 33.9. The lowest BCUT2D eigenvalue weighted by Crippen LogP contribution is -2.34. The fourth-order valence-electron chi connectivity index (χ4n) is 5.87. The molecular weight excluding hydrogens is 693 g/mol. The van der Waals surface area contributed by atoms with Crippen LogP contribution in [-0.2, 0) is 32.7 Å². The summed E-state index contributed by atoms with van der Waals surface area (Å²) in [5.74, 6) is -1.79. The number of unbranched alkanes of at least 4 members (excludes halogenated alkanes) is 23. The topological polar surface area (TPSA) is 155 Å². The fourth-order valence-corrected chi connectivity index (χ4v) is 6.65. The van der Waals surface area contributed by atoms with Crippen molar-refractivity contribution in [3.05, 3.63) is 24.3 Å². The summed E-state index contributed by atoms with van der Waals surface area (Å²) in [6, 6.07) is -1.47. The van der Waals surface area contributed by atoms with Gasteiger partial charge in [-0.2, -0.15) is 0 Å². The largest absolute Gasteiger partial charge is 0.480 e. The zero-order valence-corrected chi connectivity index (χ0v) is 34.8. The summed E-state index contributed by atoms with van der Waals surface area (Å²) in [4.78, 5) is 33.5. The van der Waals surface area contributed by atoms with E-state index in [9.17, 15) is 19.0 Å². The summed E-state index contributed by atoms with van der Waals surface area (Å²) in [6.45, 7) is 3.86. The molecule has 0 aliphatic heterocycles. The summed E-state index contributed by atoms with van der Waals surface area (Å²) >= 11 is 0. The summed E-state index contributed by atoms with van der Waals surface area (Å²) in [6.07, 6.45) is 40.8. The minimum atomic E-state index is -4.61. The molecule has 312 valence electrons. The first-order chi connectivity index (χ1) is 25.7. The quantitative estimate of drug-likeness (QED) is 0.0237. The van der Waals surface area contributed by atoms with Crippen LogP contribution in [-0.4, -0.2) is 60.5 Å². The van der Waals surface area contributed by atoms with E-state index in [-0.39, 0.29) is 13.0 Å². The Kier molecular flexibility index (Phi) is 37.6. The third-order valence-electron chi connectivity index (χ3n) is 9.23. The zero-order chi connectivity index (χ0) is 39.1. The van der Waals surface area contributed by atoms with Crippen LogP contribution in [0.2, 0.25) is 0 Å². The molecule has 0 aromatic heterocycles. The first-order valence-corrected chi connectivity index (χ1v) is 22.9. The van der Waals surface area contributed by atoms with E-state index in [4.69, 9.17) is 29.4 Å². The molecule has 0 fully saturated rings. The van der Waals surface area contributed by atoms with Crippen LogP contribution in [0.25, 0.3) is 0 Å². The highest BCUT2D eigenvalue weighted by atomic mass is 31.2. The van der Waals surface area contributed by atoms with Crippen molar-refractivity contribution in [2.24, 2.45) is 5.73 Å². The monoisotopic (exact) mass is 774 g/mol. The number of carbonyl (C=O) groups is 2. The van der Waals surface area contributed by atoms with Gasteiger partial charge in [-0.25, -0.2) is 4.57 Å². The number of esters is 1. The van der Waals surface area contributed by atoms with Crippen LogP contribution in [0.15, 0.2) is 24.3 Å². The molecule has 0 aliphatic rings. The molecule has 0 rings (SSSR count). The molecule has 11 heteroatoms. The Morgan fingerprint density at radius 2 is 1.04 bits per heavy atom. The lowest BCUT2D eigenvalue weighted by Gasteiger charge is -2.20. The van der Waals surface area contributed by atoms with Gasteiger partial charge in [0.15, 0.2) is 0 Å². The number of phosphoric acid groups is 1. The van der Waals surface area contributed by atoms with E-state index < -0.39 is 45.1 Å². The standard InChI is InChI=1S/C42H80NO9P/c1-3-5-7-9-11-13-15-17-19-20-22-24-26-28-30-32-34-41(44)52-39(37-50-53(47,48)51-38-40(43)42(45)46)36-49-35-33-31-29-27-25-23-21-18-16-14-12-10-8-6-4-2/h13,15,19-20,39-40H,3-12,14,16-18,21-38,43H2,1-2H3,(H,45,46)(H,47,48)/b15-13-,20-19-. The molecule has 0 bridgehead atoms. The molecule has 0 aromatic rings. The maximum Gasteiger partial charge on any atom is 0.472 e. The number of nitrogens with two attached hydrogens (primary N) is 1. The van der Waals surface area contributed by atoms with Crippen LogP contribution < -0.4 is 5.73 Å². The number of phosphoric ester groups is 1. The van der Waals surface area contributed by atoms with E-state index >= 15 is 0 Å². The van der Waals surface area contributed by atoms with Crippen molar-refractivity contribution >= 4 is 19.8 Å². The number of carboxylic acids is 1. The number of carbonyl (C=O) groups excluding carboxylic acids is 1. The number of ether oxygens (including phenoxy) is 2. The smallest absolute Gasteiger partial charge is 0.472 e. The van der Waals surface area contributed by atoms with Gasteiger partial charge in [-0.15, -0.1) is 0 Å². The summed E-state index contributed by atoms with van der Waals surface area (Å²) in [7, 11) is -4.61. The number of hydrogen-bond acceptors (Lipinski definition) is 8. The Morgan fingerprint density at radius 3 is 1.55 bits per heavy atom. The second-order valence-electron chi connectivity index (χ2n) is 14.5. The molecule has 0 saturated carbocycles. The molecular formula is C42H80NO9P. The average Bonchev–Trinajstić information content (AvgIpc) is 3.13. The predicted molar refractivity (Wildman–Crippen MR) is 217 cm³/mol. The molecule has 0 spiro atoms. The number of rotatable bonds is 41. The van der Waals surface area contributed by atoms with Gasteiger partial charge in [-0.1, -0.05) is 167 Å². The van der Waals surface area contributed by atoms with Gasteiger partial charge in [0, 0.05) is 13.0 Å². The molecule has 3 unspecified atom stereocenters. The van der Waals surface area contributed by atoms with Crippen LogP contribution in [0, 0.1) is 0 Å². The Hall–Kier alpha value is -1.55. The highest BCUT2D eigenvalue weighted by Crippen LogP contribution is 2.43. The van der Waals surface area contributed by atoms with Crippen LogP contribution >= 0.6 is 7.82 Å². The van der Waals surface area contributed by atoms with Crippen molar-refractivity contribution < 1.29 is 42.7 Å². The van der Waals surface area contributed by atoms with Gasteiger partial charge in [0.05, 0.1) is 19.8 Å². The minimum absolute atomic E-state index is 0.0151. The Labute approximate surface area is 324 Å². The van der Waals surface area contributed by atoms with Crippen LogP contribution in [0.1, 0.15) is 194 Å². The lowest BCUT2D eigenvalue weighted by molar-refractivity contribution is -0.154. The summed E-state index contributed by atoms with van der Waals surface area (Å²) < 4.78 is 33.3. The van der Waals surface area contributed by atoms with Gasteiger partial charge < -0.3 is 25.2 Å². The van der Waals surface area contributed by atoms with E-state index in [0.29, 0.717) is 13.0 Å².